The molecular formula is C16H35N3. The Morgan fingerprint density at radius 1 is 1.21 bits per heavy atom. The molecule has 0 aromatic carbocycles. The number of nitrogens with zero attached hydrogens (tertiary/aromatic N) is 2. The SMILES string of the molecule is CCCC(NCC)C(CC)N1CC(C)C(N(C)C)C1. The van der Waals surface area contributed by atoms with E-state index in [0.29, 0.717) is 12.1 Å². The number of likely N-dealkylation sites (N-methyl/N-ethyl adjacent to an activating group) is 2. The average molecular weight is 269 g/mol. The maximum absolute atomic E-state index is 3.72. The van der Waals surface area contributed by atoms with E-state index in [1.807, 2.05) is 0 Å². The molecule has 0 spiro atoms. The van der Waals surface area contributed by atoms with Gasteiger partial charge >= 0.3 is 0 Å². The van der Waals surface area contributed by atoms with E-state index in [2.05, 4.69) is 56.9 Å². The highest BCUT2D eigenvalue weighted by Crippen LogP contribution is 2.25. The van der Waals surface area contributed by atoms with Crippen LogP contribution < -0.4 is 5.32 Å². The lowest BCUT2D eigenvalue weighted by atomic mass is 9.99. The Hall–Kier alpha value is -0.120. The fraction of sp³-hybridized carbons (Fsp3) is 1.00. The van der Waals surface area contributed by atoms with Crippen molar-refractivity contribution in [2.45, 2.75) is 65.1 Å². The van der Waals surface area contributed by atoms with Crippen molar-refractivity contribution in [1.82, 2.24) is 15.1 Å². The zero-order valence-corrected chi connectivity index (χ0v) is 13.9. The molecule has 0 aromatic heterocycles. The molecule has 1 rings (SSSR count). The van der Waals surface area contributed by atoms with Crippen molar-refractivity contribution in [2.75, 3.05) is 33.7 Å². The monoisotopic (exact) mass is 269 g/mol. The van der Waals surface area contributed by atoms with Gasteiger partial charge in [-0.05, 0) is 39.4 Å². The van der Waals surface area contributed by atoms with Crippen molar-refractivity contribution in [3.63, 3.8) is 0 Å². The highest BCUT2D eigenvalue weighted by molar-refractivity contribution is 4.93. The average Bonchev–Trinajstić information content (AvgIpc) is 2.73. The van der Waals surface area contributed by atoms with Crippen molar-refractivity contribution in [3.8, 4) is 0 Å². The fourth-order valence-corrected chi connectivity index (χ4v) is 3.73. The Morgan fingerprint density at radius 3 is 2.32 bits per heavy atom. The topological polar surface area (TPSA) is 18.5 Å². The summed E-state index contributed by atoms with van der Waals surface area (Å²) in [5, 5.41) is 3.72. The Balaban J connectivity index is 2.68. The van der Waals surface area contributed by atoms with Crippen LogP contribution in [0.2, 0.25) is 0 Å². The van der Waals surface area contributed by atoms with Crippen LogP contribution in [-0.2, 0) is 0 Å². The largest absolute Gasteiger partial charge is 0.313 e. The third-order valence-electron chi connectivity index (χ3n) is 4.68. The van der Waals surface area contributed by atoms with Crippen LogP contribution in [0.1, 0.15) is 47.0 Å². The van der Waals surface area contributed by atoms with Crippen LogP contribution in [0.25, 0.3) is 0 Å². The number of nitrogens with one attached hydrogen (secondary N) is 1. The van der Waals surface area contributed by atoms with Crippen LogP contribution in [0.5, 0.6) is 0 Å². The summed E-state index contributed by atoms with van der Waals surface area (Å²) in [5.41, 5.74) is 0. The molecule has 1 saturated heterocycles. The summed E-state index contributed by atoms with van der Waals surface area (Å²) in [5.74, 6) is 0.785. The van der Waals surface area contributed by atoms with E-state index in [0.717, 1.165) is 18.5 Å². The summed E-state index contributed by atoms with van der Waals surface area (Å²) >= 11 is 0. The molecule has 1 heterocycles. The number of hydrogen-bond acceptors (Lipinski definition) is 3. The first kappa shape index (κ1) is 16.9. The smallest absolute Gasteiger partial charge is 0.0254 e. The van der Waals surface area contributed by atoms with Gasteiger partial charge in [0, 0.05) is 31.2 Å². The molecular weight excluding hydrogens is 234 g/mol. The van der Waals surface area contributed by atoms with E-state index in [1.165, 1.54) is 32.4 Å². The van der Waals surface area contributed by atoms with Crippen LogP contribution in [0, 0.1) is 5.92 Å². The van der Waals surface area contributed by atoms with E-state index in [4.69, 9.17) is 0 Å². The van der Waals surface area contributed by atoms with Gasteiger partial charge in [-0.2, -0.15) is 0 Å². The van der Waals surface area contributed by atoms with Gasteiger partial charge in [0.15, 0.2) is 0 Å². The first-order chi connectivity index (χ1) is 9.04. The molecule has 4 atom stereocenters. The molecule has 0 radical (unpaired) electrons. The van der Waals surface area contributed by atoms with Crippen molar-refractivity contribution >= 4 is 0 Å². The second-order valence-electron chi connectivity index (χ2n) is 6.39. The molecule has 1 aliphatic rings. The Bertz CT molecular complexity index is 236. The molecule has 0 bridgehead atoms. The van der Waals surface area contributed by atoms with Crippen molar-refractivity contribution < 1.29 is 0 Å². The number of rotatable bonds is 8. The van der Waals surface area contributed by atoms with E-state index < -0.39 is 0 Å². The molecule has 114 valence electrons. The molecule has 1 aliphatic heterocycles. The van der Waals surface area contributed by atoms with E-state index in [9.17, 15) is 0 Å². The zero-order chi connectivity index (χ0) is 14.4. The molecule has 3 heteroatoms. The van der Waals surface area contributed by atoms with Crippen LogP contribution >= 0.6 is 0 Å². The fourth-order valence-electron chi connectivity index (χ4n) is 3.73. The summed E-state index contributed by atoms with van der Waals surface area (Å²) in [4.78, 5) is 5.14. The Labute approximate surface area is 120 Å². The van der Waals surface area contributed by atoms with Crippen LogP contribution in [0.3, 0.4) is 0 Å². The molecule has 1 fully saturated rings. The maximum atomic E-state index is 3.72. The van der Waals surface area contributed by atoms with Gasteiger partial charge in [0.25, 0.3) is 0 Å². The van der Waals surface area contributed by atoms with E-state index in [-0.39, 0.29) is 0 Å². The lowest BCUT2D eigenvalue weighted by molar-refractivity contribution is 0.165. The van der Waals surface area contributed by atoms with Gasteiger partial charge in [-0.15, -0.1) is 0 Å². The van der Waals surface area contributed by atoms with Crippen LogP contribution in [0.15, 0.2) is 0 Å². The Kier molecular flexibility index (Phi) is 7.33. The molecule has 0 aromatic rings. The normalized spacial score (nSPS) is 27.9. The van der Waals surface area contributed by atoms with Crippen molar-refractivity contribution in [2.24, 2.45) is 5.92 Å². The van der Waals surface area contributed by atoms with Gasteiger partial charge in [0.05, 0.1) is 0 Å². The standard InChI is InChI=1S/C16H35N3/c1-7-10-14(17-9-3)15(8-2)19-11-13(4)16(12-19)18(5)6/h13-17H,7-12H2,1-6H3. The van der Waals surface area contributed by atoms with Crippen molar-refractivity contribution in [3.05, 3.63) is 0 Å². The first-order valence-corrected chi connectivity index (χ1v) is 8.18. The van der Waals surface area contributed by atoms with Crippen LogP contribution in [0.4, 0.5) is 0 Å². The number of hydrogen-bond donors (Lipinski definition) is 1. The molecule has 0 saturated carbocycles. The van der Waals surface area contributed by atoms with E-state index >= 15 is 0 Å². The molecule has 0 aliphatic carbocycles. The third-order valence-corrected chi connectivity index (χ3v) is 4.68. The highest BCUT2D eigenvalue weighted by Gasteiger charge is 2.36. The Morgan fingerprint density at radius 2 is 1.89 bits per heavy atom. The van der Waals surface area contributed by atoms with E-state index in [1.54, 1.807) is 0 Å². The molecule has 4 unspecified atom stereocenters. The predicted octanol–water partition coefficient (Wildman–Crippen LogP) is 2.43. The molecule has 1 N–H and O–H groups in total. The second-order valence-corrected chi connectivity index (χ2v) is 6.39. The summed E-state index contributed by atoms with van der Waals surface area (Å²) in [7, 11) is 4.44. The zero-order valence-electron chi connectivity index (χ0n) is 13.9. The maximum Gasteiger partial charge on any atom is 0.0254 e. The van der Waals surface area contributed by atoms with Crippen molar-refractivity contribution in [1.29, 1.82) is 0 Å². The summed E-state index contributed by atoms with van der Waals surface area (Å²) in [6.45, 7) is 12.8. The second kappa shape index (κ2) is 8.23. The van der Waals surface area contributed by atoms with Gasteiger partial charge in [0.1, 0.15) is 0 Å². The quantitative estimate of drug-likeness (QED) is 0.730. The van der Waals surface area contributed by atoms with Gasteiger partial charge in [0.2, 0.25) is 0 Å². The molecule has 19 heavy (non-hydrogen) atoms. The first-order valence-electron chi connectivity index (χ1n) is 8.18. The minimum Gasteiger partial charge on any atom is -0.313 e. The summed E-state index contributed by atoms with van der Waals surface area (Å²) < 4.78 is 0. The van der Waals surface area contributed by atoms with Gasteiger partial charge in [-0.25, -0.2) is 0 Å². The molecule has 0 amide bonds. The highest BCUT2D eigenvalue weighted by atomic mass is 15.3. The lowest BCUT2D eigenvalue weighted by Crippen LogP contribution is -2.49. The minimum absolute atomic E-state index is 0.660. The minimum atomic E-state index is 0.660. The van der Waals surface area contributed by atoms with Crippen LogP contribution in [-0.4, -0.2) is 61.7 Å². The third kappa shape index (κ3) is 4.44. The van der Waals surface area contributed by atoms with Gasteiger partial charge in [-0.1, -0.05) is 34.1 Å². The number of likely N-dealkylation sites (tertiary alicyclic amines) is 1. The summed E-state index contributed by atoms with van der Waals surface area (Å²) in [6.07, 6.45) is 3.82. The van der Waals surface area contributed by atoms with Gasteiger partial charge < -0.3 is 10.2 Å². The lowest BCUT2D eigenvalue weighted by Gasteiger charge is -2.35. The van der Waals surface area contributed by atoms with Gasteiger partial charge in [-0.3, -0.25) is 4.90 Å². The molecule has 3 nitrogen and oxygen atoms in total. The summed E-state index contributed by atoms with van der Waals surface area (Å²) in [6, 6.07) is 2.08. The predicted molar refractivity (Wildman–Crippen MR) is 84.7 cm³/mol.